The van der Waals surface area contributed by atoms with Crippen molar-refractivity contribution < 1.29 is 13.2 Å². The van der Waals surface area contributed by atoms with Crippen LogP contribution >= 0.6 is 11.6 Å². The van der Waals surface area contributed by atoms with Crippen LogP contribution in [0.1, 0.15) is 40.8 Å². The van der Waals surface area contributed by atoms with E-state index in [0.29, 0.717) is 16.1 Å². The van der Waals surface area contributed by atoms with Gasteiger partial charge in [0.05, 0.1) is 10.9 Å². The molecule has 0 aliphatic rings. The average Bonchev–Trinajstić information content (AvgIpc) is 2.73. The lowest BCUT2D eigenvalue weighted by Crippen LogP contribution is -2.48. The zero-order valence-corrected chi connectivity index (χ0v) is 20.8. The molecule has 0 aliphatic carbocycles. The lowest BCUT2D eigenvalue weighted by Gasteiger charge is -2.23. The minimum atomic E-state index is -3.94. The third kappa shape index (κ3) is 6.44. The van der Waals surface area contributed by atoms with Gasteiger partial charge in [-0.15, -0.1) is 0 Å². The van der Waals surface area contributed by atoms with Gasteiger partial charge >= 0.3 is 0 Å². The summed E-state index contributed by atoms with van der Waals surface area (Å²) in [5.74, 6) is -0.396. The van der Waals surface area contributed by atoms with Crippen LogP contribution < -0.4 is 10.0 Å². The number of amides is 1. The molecule has 7 heteroatoms. The molecule has 0 unspecified atom stereocenters. The first kappa shape index (κ1) is 25.0. The summed E-state index contributed by atoms with van der Waals surface area (Å²) in [5, 5.41) is 3.55. The summed E-state index contributed by atoms with van der Waals surface area (Å²) in [6.45, 7) is 7.31. The number of aryl methyl sites for hydroxylation is 3. The van der Waals surface area contributed by atoms with Gasteiger partial charge in [-0.05, 0) is 68.5 Å². The van der Waals surface area contributed by atoms with Crippen LogP contribution in [0.25, 0.3) is 0 Å². The Morgan fingerprint density at radius 3 is 2.09 bits per heavy atom. The molecular formula is C26H29ClN2O3S. The van der Waals surface area contributed by atoms with E-state index in [1.807, 2.05) is 68.4 Å². The summed E-state index contributed by atoms with van der Waals surface area (Å²) in [6.07, 6.45) is 0.225. The van der Waals surface area contributed by atoms with Crippen LogP contribution in [0.3, 0.4) is 0 Å². The lowest BCUT2D eigenvalue weighted by atomic mass is 10.0. The van der Waals surface area contributed by atoms with E-state index in [-0.39, 0.29) is 17.4 Å². The molecule has 0 saturated carbocycles. The second-order valence-electron chi connectivity index (χ2n) is 8.37. The molecule has 0 radical (unpaired) electrons. The predicted molar refractivity (Wildman–Crippen MR) is 133 cm³/mol. The Morgan fingerprint density at radius 2 is 1.52 bits per heavy atom. The number of carbonyl (C=O) groups excluding carboxylic acids is 1. The maximum Gasteiger partial charge on any atom is 0.241 e. The van der Waals surface area contributed by atoms with E-state index < -0.39 is 22.0 Å². The van der Waals surface area contributed by atoms with E-state index in [1.54, 1.807) is 26.0 Å². The number of hydrogen-bond acceptors (Lipinski definition) is 3. The second-order valence-corrected chi connectivity index (χ2v) is 10.5. The van der Waals surface area contributed by atoms with Crippen molar-refractivity contribution in [3.05, 3.63) is 99.6 Å². The molecule has 3 rings (SSSR count). The maximum absolute atomic E-state index is 13.4. The van der Waals surface area contributed by atoms with Crippen molar-refractivity contribution in [3.8, 4) is 0 Å². The lowest BCUT2D eigenvalue weighted by molar-refractivity contribution is -0.123. The SMILES string of the molecule is Cc1cc(C)c(S(=O)(=O)N[C@H](Cc2ccccc2)C(=O)N[C@@H](C)c2ccc(Cl)cc2)c(C)c1. The number of carbonyl (C=O) groups is 1. The van der Waals surface area contributed by atoms with Crippen molar-refractivity contribution in [3.63, 3.8) is 0 Å². The highest BCUT2D eigenvalue weighted by molar-refractivity contribution is 7.89. The average molecular weight is 485 g/mol. The number of rotatable bonds is 8. The maximum atomic E-state index is 13.4. The molecule has 0 aromatic heterocycles. The summed E-state index contributed by atoms with van der Waals surface area (Å²) in [4.78, 5) is 13.5. The topological polar surface area (TPSA) is 75.3 Å². The van der Waals surface area contributed by atoms with Crippen LogP contribution in [0, 0.1) is 20.8 Å². The Hall–Kier alpha value is -2.67. The van der Waals surface area contributed by atoms with Gasteiger partial charge in [-0.1, -0.05) is 71.8 Å². The van der Waals surface area contributed by atoms with Gasteiger partial charge in [0, 0.05) is 5.02 Å². The van der Waals surface area contributed by atoms with E-state index >= 15 is 0 Å². The summed E-state index contributed by atoms with van der Waals surface area (Å²) < 4.78 is 29.4. The van der Waals surface area contributed by atoms with Crippen molar-refractivity contribution in [2.75, 3.05) is 0 Å². The molecule has 0 heterocycles. The van der Waals surface area contributed by atoms with Gasteiger partial charge in [-0.3, -0.25) is 4.79 Å². The van der Waals surface area contributed by atoms with Gasteiger partial charge in [0.15, 0.2) is 0 Å². The van der Waals surface area contributed by atoms with Gasteiger partial charge in [-0.2, -0.15) is 4.72 Å². The van der Waals surface area contributed by atoms with Crippen LogP contribution in [0.15, 0.2) is 71.6 Å². The molecule has 5 nitrogen and oxygen atoms in total. The van der Waals surface area contributed by atoms with Crippen LogP contribution in [0.4, 0.5) is 0 Å². The first-order chi connectivity index (χ1) is 15.6. The number of nitrogens with one attached hydrogen (secondary N) is 2. The highest BCUT2D eigenvalue weighted by Crippen LogP contribution is 2.23. The monoisotopic (exact) mass is 484 g/mol. The zero-order chi connectivity index (χ0) is 24.2. The number of sulfonamides is 1. The second kappa shape index (κ2) is 10.5. The zero-order valence-electron chi connectivity index (χ0n) is 19.2. The smallest absolute Gasteiger partial charge is 0.241 e. The van der Waals surface area contributed by atoms with Crippen LogP contribution in [-0.2, 0) is 21.2 Å². The molecule has 1 amide bonds. The highest BCUT2D eigenvalue weighted by atomic mass is 35.5. The van der Waals surface area contributed by atoms with Crippen LogP contribution in [0.2, 0.25) is 5.02 Å². The number of halogens is 1. The molecule has 33 heavy (non-hydrogen) atoms. The molecule has 0 bridgehead atoms. The standard InChI is InChI=1S/C26H29ClN2O3S/c1-17-14-18(2)25(19(3)15-17)33(31,32)29-24(16-21-8-6-5-7-9-21)26(30)28-20(4)22-10-12-23(27)13-11-22/h5-15,20,24,29H,16H2,1-4H3,(H,28,30)/t20-,24+/m0/s1. The number of hydrogen-bond donors (Lipinski definition) is 2. The fraction of sp³-hybridized carbons (Fsp3) is 0.269. The minimum absolute atomic E-state index is 0.213. The van der Waals surface area contributed by atoms with E-state index in [1.165, 1.54) is 0 Å². The molecule has 2 atom stereocenters. The van der Waals surface area contributed by atoms with Gasteiger partial charge < -0.3 is 5.32 Å². The van der Waals surface area contributed by atoms with Gasteiger partial charge in [0.1, 0.15) is 6.04 Å². The molecule has 0 fully saturated rings. The Bertz CT molecular complexity index is 1200. The summed E-state index contributed by atoms with van der Waals surface area (Å²) >= 11 is 5.96. The Kier molecular flexibility index (Phi) is 7.95. The fourth-order valence-corrected chi connectivity index (χ4v) is 5.80. The minimum Gasteiger partial charge on any atom is -0.348 e. The van der Waals surface area contributed by atoms with Crippen molar-refractivity contribution in [2.24, 2.45) is 0 Å². The van der Waals surface area contributed by atoms with E-state index in [2.05, 4.69) is 10.0 Å². The molecule has 0 aliphatic heterocycles. The predicted octanol–water partition coefficient (Wildman–Crippen LogP) is 5.03. The molecule has 0 spiro atoms. The van der Waals surface area contributed by atoms with Crippen molar-refractivity contribution >= 4 is 27.5 Å². The van der Waals surface area contributed by atoms with Crippen molar-refractivity contribution in [2.45, 2.75) is 51.1 Å². The Balaban J connectivity index is 1.89. The quantitative estimate of drug-likeness (QED) is 0.470. The number of benzene rings is 3. The van der Waals surface area contributed by atoms with Crippen LogP contribution in [-0.4, -0.2) is 20.4 Å². The van der Waals surface area contributed by atoms with E-state index in [4.69, 9.17) is 11.6 Å². The summed E-state index contributed by atoms with van der Waals surface area (Å²) in [7, 11) is -3.94. The summed E-state index contributed by atoms with van der Waals surface area (Å²) in [6, 6.07) is 18.9. The molecule has 174 valence electrons. The van der Waals surface area contributed by atoms with Gasteiger partial charge in [0.25, 0.3) is 0 Å². The molecule has 2 N–H and O–H groups in total. The fourth-order valence-electron chi connectivity index (χ4n) is 4.02. The largest absolute Gasteiger partial charge is 0.348 e. The molecule has 0 saturated heterocycles. The van der Waals surface area contributed by atoms with Gasteiger partial charge in [0.2, 0.25) is 15.9 Å². The van der Waals surface area contributed by atoms with Crippen molar-refractivity contribution in [1.29, 1.82) is 0 Å². The van der Waals surface area contributed by atoms with Gasteiger partial charge in [-0.25, -0.2) is 8.42 Å². The first-order valence-electron chi connectivity index (χ1n) is 10.8. The first-order valence-corrected chi connectivity index (χ1v) is 12.6. The highest BCUT2D eigenvalue weighted by Gasteiger charge is 2.29. The van der Waals surface area contributed by atoms with Crippen LogP contribution in [0.5, 0.6) is 0 Å². The Morgan fingerprint density at radius 1 is 0.939 bits per heavy atom. The van der Waals surface area contributed by atoms with E-state index in [0.717, 1.165) is 16.7 Å². The normalized spacial score (nSPS) is 13.4. The third-order valence-electron chi connectivity index (χ3n) is 5.50. The summed E-state index contributed by atoms with van der Waals surface area (Å²) in [5.41, 5.74) is 4.01. The Labute approximate surface area is 201 Å². The molecule has 3 aromatic rings. The van der Waals surface area contributed by atoms with E-state index in [9.17, 15) is 13.2 Å². The molecule has 3 aromatic carbocycles. The third-order valence-corrected chi connectivity index (χ3v) is 7.53. The van der Waals surface area contributed by atoms with Crippen molar-refractivity contribution in [1.82, 2.24) is 10.0 Å². The molecular weight excluding hydrogens is 456 g/mol.